The van der Waals surface area contributed by atoms with Crippen molar-refractivity contribution < 1.29 is 9.90 Å². The molecule has 2 aromatic rings. The molecule has 0 aliphatic carbocycles. The quantitative estimate of drug-likeness (QED) is 0.563. The highest BCUT2D eigenvalue weighted by molar-refractivity contribution is 8.26. The lowest BCUT2D eigenvalue weighted by Crippen LogP contribution is -2.28. The number of pyridine rings is 1. The third-order valence-corrected chi connectivity index (χ3v) is 5.38. The van der Waals surface area contributed by atoms with Crippen molar-refractivity contribution in [3.05, 3.63) is 44.7 Å². The number of thioether (sulfide) groups is 1. The molecule has 0 spiro atoms. The van der Waals surface area contributed by atoms with Gasteiger partial charge in [-0.1, -0.05) is 37.0 Å². The predicted octanol–water partition coefficient (Wildman–Crippen LogP) is 2.02. The first-order chi connectivity index (χ1) is 13.0. The largest absolute Gasteiger partial charge is 0.395 e. The van der Waals surface area contributed by atoms with Gasteiger partial charge in [-0.05, 0) is 31.1 Å². The van der Waals surface area contributed by atoms with E-state index in [0.29, 0.717) is 27.2 Å². The Hall–Kier alpha value is -2.23. The molecule has 1 aliphatic rings. The highest BCUT2D eigenvalue weighted by Crippen LogP contribution is 2.33. The van der Waals surface area contributed by atoms with Crippen molar-refractivity contribution in [3.8, 4) is 0 Å². The van der Waals surface area contributed by atoms with Gasteiger partial charge in [-0.15, -0.1) is 0 Å². The fraction of sp³-hybridized carbons (Fsp3) is 0.333. The van der Waals surface area contributed by atoms with Crippen LogP contribution in [0.15, 0.2) is 28.0 Å². The number of aliphatic hydroxyl groups is 1. The lowest BCUT2D eigenvalue weighted by atomic mass is 10.2. The van der Waals surface area contributed by atoms with Crippen LogP contribution in [0.5, 0.6) is 0 Å². The third-order valence-electron chi connectivity index (χ3n) is 4.01. The molecule has 27 heavy (non-hydrogen) atoms. The molecular formula is C18H20N4O3S2. The van der Waals surface area contributed by atoms with Gasteiger partial charge in [-0.3, -0.25) is 18.9 Å². The number of aliphatic hydroxyl groups excluding tert-OH is 1. The molecule has 2 N–H and O–H groups in total. The van der Waals surface area contributed by atoms with Crippen molar-refractivity contribution in [1.82, 2.24) is 14.3 Å². The van der Waals surface area contributed by atoms with Crippen LogP contribution in [-0.2, 0) is 4.79 Å². The second-order valence-electron chi connectivity index (χ2n) is 6.10. The number of rotatable bonds is 6. The Bertz CT molecular complexity index is 1000. The summed E-state index contributed by atoms with van der Waals surface area (Å²) in [6.07, 6.45) is 4.04. The summed E-state index contributed by atoms with van der Waals surface area (Å²) < 4.78 is 1.95. The van der Waals surface area contributed by atoms with Crippen LogP contribution < -0.4 is 10.9 Å². The van der Waals surface area contributed by atoms with Crippen LogP contribution >= 0.6 is 24.0 Å². The van der Waals surface area contributed by atoms with Crippen molar-refractivity contribution in [2.45, 2.75) is 20.3 Å². The van der Waals surface area contributed by atoms with Crippen LogP contribution in [0.2, 0.25) is 0 Å². The number of carbonyl (C=O) groups is 1. The van der Waals surface area contributed by atoms with E-state index in [0.717, 1.165) is 12.0 Å². The molecule has 7 nitrogen and oxygen atoms in total. The molecule has 0 aromatic carbocycles. The minimum atomic E-state index is -0.287. The highest BCUT2D eigenvalue weighted by atomic mass is 32.2. The molecule has 142 valence electrons. The van der Waals surface area contributed by atoms with E-state index in [1.54, 1.807) is 23.2 Å². The molecule has 3 heterocycles. The van der Waals surface area contributed by atoms with Crippen molar-refractivity contribution in [3.63, 3.8) is 0 Å². The van der Waals surface area contributed by atoms with Gasteiger partial charge in [0.2, 0.25) is 0 Å². The number of thiocarbonyl (C=S) groups is 1. The molecule has 2 aromatic heterocycles. The first kappa shape index (κ1) is 19.5. The molecule has 1 fully saturated rings. The number of amides is 1. The normalized spacial score (nSPS) is 16.0. The summed E-state index contributed by atoms with van der Waals surface area (Å²) in [7, 11) is 0. The maximum Gasteiger partial charge on any atom is 0.267 e. The average Bonchev–Trinajstić information content (AvgIpc) is 2.91. The average molecular weight is 405 g/mol. The Morgan fingerprint density at radius 2 is 2.15 bits per heavy atom. The Morgan fingerprint density at radius 1 is 1.37 bits per heavy atom. The number of nitrogens with zero attached hydrogens (tertiary/aromatic N) is 3. The molecule has 1 amide bonds. The first-order valence-electron chi connectivity index (χ1n) is 8.59. The molecular weight excluding hydrogens is 384 g/mol. The Labute approximate surface area is 166 Å². The number of aromatic nitrogens is 2. The topological polar surface area (TPSA) is 86.9 Å². The van der Waals surface area contributed by atoms with Gasteiger partial charge >= 0.3 is 0 Å². The van der Waals surface area contributed by atoms with Crippen LogP contribution in [0.1, 0.15) is 24.5 Å². The monoisotopic (exact) mass is 404 g/mol. The first-order valence-corrected chi connectivity index (χ1v) is 9.82. The minimum Gasteiger partial charge on any atom is -0.395 e. The van der Waals surface area contributed by atoms with E-state index in [2.05, 4.69) is 10.3 Å². The summed E-state index contributed by atoms with van der Waals surface area (Å²) in [6, 6.07) is 3.62. The summed E-state index contributed by atoms with van der Waals surface area (Å²) >= 11 is 6.47. The predicted molar refractivity (Wildman–Crippen MR) is 112 cm³/mol. The van der Waals surface area contributed by atoms with E-state index in [4.69, 9.17) is 17.3 Å². The smallest absolute Gasteiger partial charge is 0.267 e. The number of aryl methyl sites for hydroxylation is 1. The molecule has 0 atom stereocenters. The number of fused-ring (bicyclic) bond motifs is 1. The molecule has 1 aliphatic heterocycles. The summed E-state index contributed by atoms with van der Waals surface area (Å²) in [4.78, 5) is 32.1. The summed E-state index contributed by atoms with van der Waals surface area (Å²) in [5.41, 5.74) is 1.39. The minimum absolute atomic E-state index is 0.104. The van der Waals surface area contributed by atoms with Crippen LogP contribution in [0, 0.1) is 6.92 Å². The molecule has 3 rings (SSSR count). The molecule has 1 saturated heterocycles. The molecule has 0 radical (unpaired) electrons. The lowest BCUT2D eigenvalue weighted by Gasteiger charge is -2.12. The van der Waals surface area contributed by atoms with Crippen molar-refractivity contribution in [1.29, 1.82) is 0 Å². The van der Waals surface area contributed by atoms with Crippen LogP contribution in [0.4, 0.5) is 5.82 Å². The van der Waals surface area contributed by atoms with E-state index < -0.39 is 0 Å². The van der Waals surface area contributed by atoms with Crippen molar-refractivity contribution in [2.24, 2.45) is 0 Å². The standard InChI is InChI=1S/C18H20N4O3S2/c1-3-7-21-17(25)13(27-18(21)26)9-12-15(19-6-8-23)20-14-5-4-11(2)10-22(14)16(12)24/h4-5,9-10,19,23H,3,6-8H2,1-2H3. The van der Waals surface area contributed by atoms with Gasteiger partial charge in [0.1, 0.15) is 15.8 Å². The summed E-state index contributed by atoms with van der Waals surface area (Å²) in [5.74, 6) is 0.132. The highest BCUT2D eigenvalue weighted by Gasteiger charge is 2.31. The second kappa shape index (κ2) is 8.20. The Kier molecular flexibility index (Phi) is 5.93. The van der Waals surface area contributed by atoms with E-state index >= 15 is 0 Å². The maximum absolute atomic E-state index is 13.1. The van der Waals surface area contributed by atoms with Crippen molar-refractivity contribution in [2.75, 3.05) is 25.0 Å². The fourth-order valence-electron chi connectivity index (χ4n) is 2.75. The van der Waals surface area contributed by atoms with Gasteiger partial charge in [0.05, 0.1) is 17.1 Å². The number of hydrogen-bond acceptors (Lipinski definition) is 7. The fourth-order valence-corrected chi connectivity index (χ4v) is 4.04. The Balaban J connectivity index is 2.14. The number of carbonyl (C=O) groups excluding carboxylic acids is 1. The van der Waals surface area contributed by atoms with Gasteiger partial charge < -0.3 is 10.4 Å². The Morgan fingerprint density at radius 3 is 2.85 bits per heavy atom. The number of anilines is 1. The third kappa shape index (κ3) is 3.90. The van der Waals surface area contributed by atoms with E-state index in [-0.39, 0.29) is 30.2 Å². The van der Waals surface area contributed by atoms with Crippen molar-refractivity contribution >= 4 is 51.7 Å². The van der Waals surface area contributed by atoms with Crippen LogP contribution in [0.3, 0.4) is 0 Å². The zero-order valence-corrected chi connectivity index (χ0v) is 16.7. The molecule has 0 unspecified atom stereocenters. The SMILES string of the molecule is CCCN1C(=O)C(=Cc2c(NCCO)nc3ccc(C)cn3c2=O)SC1=S. The summed E-state index contributed by atoms with van der Waals surface area (Å²) in [6.45, 7) is 4.55. The van der Waals surface area contributed by atoms with Gasteiger partial charge in [0, 0.05) is 19.3 Å². The second-order valence-corrected chi connectivity index (χ2v) is 7.77. The van der Waals surface area contributed by atoms with Gasteiger partial charge in [-0.25, -0.2) is 4.98 Å². The van der Waals surface area contributed by atoms with E-state index in [9.17, 15) is 9.59 Å². The molecule has 0 bridgehead atoms. The van der Waals surface area contributed by atoms with E-state index in [1.807, 2.05) is 19.9 Å². The zero-order valence-electron chi connectivity index (χ0n) is 15.1. The summed E-state index contributed by atoms with van der Waals surface area (Å²) in [5, 5.41) is 12.1. The number of hydrogen-bond donors (Lipinski definition) is 2. The zero-order chi connectivity index (χ0) is 19.6. The van der Waals surface area contributed by atoms with Gasteiger partial charge in [0.15, 0.2) is 0 Å². The van der Waals surface area contributed by atoms with Gasteiger partial charge in [0.25, 0.3) is 11.5 Å². The van der Waals surface area contributed by atoms with Crippen LogP contribution in [-0.4, -0.2) is 49.3 Å². The van der Waals surface area contributed by atoms with E-state index in [1.165, 1.54) is 16.2 Å². The maximum atomic E-state index is 13.1. The lowest BCUT2D eigenvalue weighted by molar-refractivity contribution is -0.122. The molecule has 0 saturated carbocycles. The van der Waals surface area contributed by atoms with Gasteiger partial charge in [-0.2, -0.15) is 0 Å². The van der Waals surface area contributed by atoms with Crippen LogP contribution in [0.25, 0.3) is 11.7 Å². The number of nitrogens with one attached hydrogen (secondary N) is 1. The molecule has 9 heteroatoms.